The number of thioether (sulfide) groups is 1. The molecule has 1 fully saturated rings. The zero-order valence-electron chi connectivity index (χ0n) is 18.8. The van der Waals surface area contributed by atoms with Gasteiger partial charge in [-0.05, 0) is 79.2 Å². The van der Waals surface area contributed by atoms with E-state index in [0.29, 0.717) is 16.6 Å². The number of aliphatic imine (C=N–C) groups is 1. The van der Waals surface area contributed by atoms with Crippen LogP contribution in [-0.4, -0.2) is 29.1 Å². The molecule has 2 aromatic carbocycles. The quantitative estimate of drug-likeness (QED) is 0.363. The molecule has 1 saturated heterocycles. The Morgan fingerprint density at radius 2 is 1.76 bits per heavy atom. The summed E-state index contributed by atoms with van der Waals surface area (Å²) < 4.78 is 9.40. The van der Waals surface area contributed by atoms with E-state index < -0.39 is 0 Å². The van der Waals surface area contributed by atoms with Crippen LogP contribution in [0.2, 0.25) is 0 Å². The Bertz CT molecular complexity index is 1320. The molecule has 0 radical (unpaired) electrons. The van der Waals surface area contributed by atoms with Crippen LogP contribution in [0.4, 0.5) is 10.8 Å². The molecule has 2 aliphatic rings. The average molecular weight is 478 g/mol. The molecule has 33 heavy (non-hydrogen) atoms. The summed E-state index contributed by atoms with van der Waals surface area (Å²) in [6.07, 6.45) is 3.73. The molecule has 0 unspecified atom stereocenters. The molecule has 8 heteroatoms. The van der Waals surface area contributed by atoms with Gasteiger partial charge in [0.25, 0.3) is 11.1 Å². The number of para-hydroxylation sites is 3. The normalized spacial score (nSPS) is 19.4. The van der Waals surface area contributed by atoms with Gasteiger partial charge in [-0.15, -0.1) is 0 Å². The van der Waals surface area contributed by atoms with Gasteiger partial charge in [0.15, 0.2) is 5.75 Å². The van der Waals surface area contributed by atoms with Crippen LogP contribution in [0.25, 0.3) is 10.2 Å². The van der Waals surface area contributed by atoms with Gasteiger partial charge in [-0.2, -0.15) is 0 Å². The van der Waals surface area contributed by atoms with Crippen LogP contribution in [-0.2, 0) is 11.3 Å². The smallest absolute Gasteiger partial charge is 0.386 e. The fourth-order valence-corrected chi connectivity index (χ4v) is 6.17. The third-order valence-electron chi connectivity index (χ3n) is 5.63. The number of anilines is 1. The number of carbonyl (C=O) groups is 1. The monoisotopic (exact) mass is 477 g/mol. The summed E-state index contributed by atoms with van der Waals surface area (Å²) in [7, 11) is 0. The van der Waals surface area contributed by atoms with E-state index in [1.54, 1.807) is 16.2 Å². The molecule has 0 aliphatic carbocycles. The Morgan fingerprint density at radius 1 is 1.00 bits per heavy atom. The minimum atomic E-state index is -0.0270. The molecule has 5 rings (SSSR count). The Morgan fingerprint density at radius 3 is 2.55 bits per heavy atom. The fourth-order valence-electron chi connectivity index (χ4n) is 4.03. The van der Waals surface area contributed by atoms with Crippen LogP contribution in [0.3, 0.4) is 0 Å². The number of ether oxygens (including phenoxy) is 1. The Hall–Kier alpha value is -3.10. The van der Waals surface area contributed by atoms with E-state index in [9.17, 15) is 4.79 Å². The summed E-state index contributed by atoms with van der Waals surface area (Å²) >= 11 is 3.06. The molecule has 0 N–H and O–H groups in total. The van der Waals surface area contributed by atoms with Gasteiger partial charge in [0.05, 0.1) is 21.8 Å². The second-order valence-electron chi connectivity index (χ2n) is 7.49. The molecule has 6 nitrogen and oxygen atoms in total. The van der Waals surface area contributed by atoms with Crippen molar-refractivity contribution in [2.45, 2.75) is 27.3 Å². The van der Waals surface area contributed by atoms with E-state index in [2.05, 4.69) is 35.4 Å². The van der Waals surface area contributed by atoms with Crippen LogP contribution in [0.5, 0.6) is 5.75 Å². The highest BCUT2D eigenvalue weighted by Gasteiger charge is 2.37. The number of nitrogens with zero attached hydrogens (tertiary/aromatic N) is 4. The lowest BCUT2D eigenvalue weighted by molar-refractivity contribution is -0.651. The first-order valence-corrected chi connectivity index (χ1v) is 12.7. The number of amidine groups is 1. The summed E-state index contributed by atoms with van der Waals surface area (Å²) in [5, 5.41) is 1.61. The Kier molecular flexibility index (Phi) is 5.95. The summed E-state index contributed by atoms with van der Waals surface area (Å²) in [5.74, 6) is 1.53. The van der Waals surface area contributed by atoms with Gasteiger partial charge in [-0.1, -0.05) is 24.3 Å². The summed E-state index contributed by atoms with van der Waals surface area (Å²) in [5.41, 5.74) is 2.21. The highest BCUT2D eigenvalue weighted by atomic mass is 32.2. The van der Waals surface area contributed by atoms with Crippen LogP contribution < -0.4 is 14.2 Å². The van der Waals surface area contributed by atoms with Gasteiger partial charge in [0, 0.05) is 19.2 Å². The maximum Gasteiger partial charge on any atom is 0.386 e. The van der Waals surface area contributed by atoms with Crippen molar-refractivity contribution >= 4 is 55.2 Å². The minimum absolute atomic E-state index is 0.0270. The first-order valence-electron chi connectivity index (χ1n) is 11.1. The largest absolute Gasteiger partial charge is 0.439 e. The number of hydrogen-bond donors (Lipinski definition) is 0. The van der Waals surface area contributed by atoms with Crippen molar-refractivity contribution in [1.82, 2.24) is 4.90 Å². The molecule has 3 heterocycles. The molecule has 0 saturated carbocycles. The zero-order chi connectivity index (χ0) is 22.9. The van der Waals surface area contributed by atoms with Gasteiger partial charge in [0.1, 0.15) is 5.52 Å². The molecule has 168 valence electrons. The molecular weight excluding hydrogens is 452 g/mol. The maximum atomic E-state index is 13.1. The third-order valence-corrected chi connectivity index (χ3v) is 7.71. The van der Waals surface area contributed by atoms with Crippen molar-refractivity contribution in [1.29, 1.82) is 0 Å². The number of fused-ring (bicyclic) bond motifs is 2. The van der Waals surface area contributed by atoms with E-state index in [1.165, 1.54) is 22.0 Å². The lowest BCUT2D eigenvalue weighted by Crippen LogP contribution is -2.32. The predicted molar refractivity (Wildman–Crippen MR) is 136 cm³/mol. The van der Waals surface area contributed by atoms with E-state index in [1.807, 2.05) is 55.5 Å². The molecule has 0 spiro atoms. The Labute approximate surface area is 201 Å². The standard InChI is InChI=1S/C25H25N4O2S2/c1-4-27-17-11-7-9-13-19(17)31-22(27)16-15-21-23(30)29(6-3)25(33-21)26-24-28(5-2)18-12-8-10-14-20(18)32-24/h7-16H,4-6H2,1-3H3/q+1/b21-15+,22-16-. The molecule has 3 aromatic rings. The zero-order valence-corrected chi connectivity index (χ0v) is 20.4. The highest BCUT2D eigenvalue weighted by Crippen LogP contribution is 2.39. The lowest BCUT2D eigenvalue weighted by atomic mass is 10.3. The molecule has 0 bridgehead atoms. The molecular formula is C25H25N4O2S2+. The van der Waals surface area contributed by atoms with Crippen LogP contribution in [0, 0.1) is 0 Å². The first-order chi connectivity index (χ1) is 16.1. The number of aryl methyl sites for hydroxylation is 1. The summed E-state index contributed by atoms with van der Waals surface area (Å²) in [6, 6.07) is 16.3. The Balaban J connectivity index is 1.47. The fraction of sp³-hybridized carbons (Fsp3) is 0.240. The topological polar surface area (TPSA) is 49.0 Å². The number of aromatic nitrogens is 1. The number of rotatable bonds is 5. The number of amides is 1. The number of hydrogen-bond acceptors (Lipinski definition) is 6. The molecule has 2 aliphatic heterocycles. The van der Waals surface area contributed by atoms with Crippen molar-refractivity contribution in [2.24, 2.45) is 4.99 Å². The van der Waals surface area contributed by atoms with Crippen LogP contribution in [0.1, 0.15) is 20.8 Å². The summed E-state index contributed by atoms with van der Waals surface area (Å²) in [4.78, 5) is 22.5. The van der Waals surface area contributed by atoms with E-state index in [4.69, 9.17) is 9.73 Å². The number of likely N-dealkylation sites (N-methyl/N-ethyl adjacent to an activating group) is 1. The second-order valence-corrected chi connectivity index (χ2v) is 9.51. The predicted octanol–water partition coefficient (Wildman–Crippen LogP) is 5.44. The molecule has 1 amide bonds. The first kappa shape index (κ1) is 21.7. The number of thiazole rings is 1. The van der Waals surface area contributed by atoms with Gasteiger partial charge < -0.3 is 9.64 Å². The van der Waals surface area contributed by atoms with Gasteiger partial charge in [-0.3, -0.25) is 9.69 Å². The highest BCUT2D eigenvalue weighted by molar-refractivity contribution is 8.18. The molecule has 1 aromatic heterocycles. The number of benzene rings is 2. The molecule has 0 atom stereocenters. The van der Waals surface area contributed by atoms with Gasteiger partial charge >= 0.3 is 5.13 Å². The number of allylic oxidation sites excluding steroid dienone is 2. The second kappa shape index (κ2) is 9.03. The van der Waals surface area contributed by atoms with E-state index >= 15 is 0 Å². The van der Waals surface area contributed by atoms with Crippen molar-refractivity contribution < 1.29 is 14.1 Å². The van der Waals surface area contributed by atoms with Crippen molar-refractivity contribution in [3.63, 3.8) is 0 Å². The SMILES string of the molecule is CCN1C(=O)/C(=C\C=C2/Oc3ccccc3N2CC)S/C1=N\c1sc2ccccc2[n+]1CC. The van der Waals surface area contributed by atoms with E-state index in [-0.39, 0.29) is 5.91 Å². The minimum Gasteiger partial charge on any atom is -0.439 e. The van der Waals surface area contributed by atoms with Gasteiger partial charge in [-0.25, -0.2) is 4.57 Å². The third kappa shape index (κ3) is 3.83. The number of carbonyl (C=O) groups excluding carboxylic acids is 1. The maximum absolute atomic E-state index is 13.1. The lowest BCUT2D eigenvalue weighted by Gasteiger charge is -2.14. The van der Waals surface area contributed by atoms with Crippen molar-refractivity contribution in [2.75, 3.05) is 18.0 Å². The average Bonchev–Trinajstić information content (AvgIpc) is 3.47. The van der Waals surface area contributed by atoms with Crippen LogP contribution >= 0.6 is 23.1 Å². The van der Waals surface area contributed by atoms with Gasteiger partial charge in [0.2, 0.25) is 5.88 Å². The van der Waals surface area contributed by atoms with Crippen LogP contribution in [0.15, 0.2) is 76.5 Å². The van der Waals surface area contributed by atoms with Crippen molar-refractivity contribution in [3.8, 4) is 5.75 Å². The summed E-state index contributed by atoms with van der Waals surface area (Å²) in [6.45, 7) is 8.34. The van der Waals surface area contributed by atoms with E-state index in [0.717, 1.165) is 35.5 Å². The van der Waals surface area contributed by atoms with Crippen molar-refractivity contribution in [3.05, 3.63) is 71.5 Å².